The van der Waals surface area contributed by atoms with E-state index in [4.69, 9.17) is 18.9 Å². The fourth-order valence-corrected chi connectivity index (χ4v) is 4.72. The number of methoxy groups -OCH3 is 2. The van der Waals surface area contributed by atoms with Gasteiger partial charge in [0.15, 0.2) is 28.5 Å². The molecule has 0 radical (unpaired) electrons. The van der Waals surface area contributed by atoms with Crippen LogP contribution in [0.3, 0.4) is 0 Å². The lowest BCUT2D eigenvalue weighted by atomic mass is 10.1. The van der Waals surface area contributed by atoms with Crippen molar-refractivity contribution in [3.63, 3.8) is 0 Å². The Kier molecular flexibility index (Phi) is 6.00. The number of rotatable bonds is 6. The van der Waals surface area contributed by atoms with Gasteiger partial charge in [-0.1, -0.05) is 0 Å². The molecule has 4 aromatic rings. The highest BCUT2D eigenvalue weighted by atomic mass is 32.1. The first kappa shape index (κ1) is 22.7. The molecule has 11 heteroatoms. The summed E-state index contributed by atoms with van der Waals surface area (Å²) >= 11 is 1.37. The predicted octanol–water partition coefficient (Wildman–Crippen LogP) is 3.26. The second-order valence-electron chi connectivity index (χ2n) is 7.70. The number of hydrogen-bond donors (Lipinski definition) is 1. The molecule has 10 nitrogen and oxygen atoms in total. The lowest BCUT2D eigenvalue weighted by Crippen LogP contribution is -2.30. The normalized spacial score (nSPS) is 12.4. The number of amides is 1. The van der Waals surface area contributed by atoms with Gasteiger partial charge in [-0.25, -0.2) is 9.67 Å². The van der Waals surface area contributed by atoms with Crippen molar-refractivity contribution in [1.29, 1.82) is 0 Å². The molecule has 1 aliphatic rings. The van der Waals surface area contributed by atoms with Gasteiger partial charge in [0.25, 0.3) is 5.56 Å². The van der Waals surface area contributed by atoms with E-state index < -0.39 is 11.5 Å². The number of carbonyl (C=O) groups is 1. The summed E-state index contributed by atoms with van der Waals surface area (Å²) < 4.78 is 23.6. The van der Waals surface area contributed by atoms with Gasteiger partial charge in [0.2, 0.25) is 5.91 Å². The van der Waals surface area contributed by atoms with E-state index in [1.807, 2.05) is 13.0 Å². The Balaban J connectivity index is 1.49. The van der Waals surface area contributed by atoms with Gasteiger partial charge >= 0.3 is 0 Å². The zero-order chi connectivity index (χ0) is 24.5. The van der Waals surface area contributed by atoms with E-state index >= 15 is 0 Å². The highest BCUT2D eigenvalue weighted by molar-refractivity contribution is 7.19. The first-order valence-corrected chi connectivity index (χ1v) is 11.6. The molecule has 35 heavy (non-hydrogen) atoms. The first-order valence-electron chi connectivity index (χ1n) is 10.8. The van der Waals surface area contributed by atoms with E-state index in [1.54, 1.807) is 44.6 Å². The Morgan fingerprint density at radius 3 is 2.63 bits per heavy atom. The third-order valence-corrected chi connectivity index (χ3v) is 6.36. The van der Waals surface area contributed by atoms with Crippen LogP contribution in [0.5, 0.6) is 23.0 Å². The maximum atomic E-state index is 13.1. The summed E-state index contributed by atoms with van der Waals surface area (Å²) in [7, 11) is 3.10. The number of anilines is 1. The quantitative estimate of drug-likeness (QED) is 0.435. The summed E-state index contributed by atoms with van der Waals surface area (Å²) in [6, 6.07) is 10.5. The van der Waals surface area contributed by atoms with Crippen LogP contribution in [0.4, 0.5) is 5.69 Å². The van der Waals surface area contributed by atoms with Crippen LogP contribution in [0.15, 0.2) is 41.2 Å². The smallest absolute Gasteiger partial charge is 0.294 e. The first-order chi connectivity index (χ1) is 17.0. The number of carbonyl (C=O) groups excluding carboxylic acids is 1. The topological polar surface area (TPSA) is 114 Å². The summed E-state index contributed by atoms with van der Waals surface area (Å²) in [4.78, 5) is 30.4. The molecule has 2 aromatic heterocycles. The lowest BCUT2D eigenvalue weighted by Gasteiger charge is -2.19. The number of aryl methyl sites for hydroxylation is 1. The van der Waals surface area contributed by atoms with Gasteiger partial charge in [0.05, 0.1) is 23.9 Å². The highest BCUT2D eigenvalue weighted by Gasteiger charge is 2.20. The number of thiazole rings is 1. The number of nitrogens with zero attached hydrogens (tertiary/aromatic N) is 3. The minimum atomic E-state index is -0.439. The zero-order valence-electron chi connectivity index (χ0n) is 19.3. The Morgan fingerprint density at radius 2 is 1.86 bits per heavy atom. The molecule has 0 saturated heterocycles. The molecule has 1 aliphatic heterocycles. The van der Waals surface area contributed by atoms with Crippen LogP contribution >= 0.6 is 11.3 Å². The molecule has 0 aliphatic carbocycles. The average molecular weight is 495 g/mol. The molecule has 0 atom stereocenters. The Morgan fingerprint density at radius 1 is 1.09 bits per heavy atom. The highest BCUT2D eigenvalue weighted by Crippen LogP contribution is 2.35. The molecule has 3 heterocycles. The third kappa shape index (κ3) is 4.37. The molecule has 0 bridgehead atoms. The van der Waals surface area contributed by atoms with Gasteiger partial charge in [0, 0.05) is 17.3 Å². The zero-order valence-corrected chi connectivity index (χ0v) is 20.1. The van der Waals surface area contributed by atoms with Crippen molar-refractivity contribution in [1.82, 2.24) is 14.8 Å². The van der Waals surface area contributed by atoms with Crippen molar-refractivity contribution in [2.75, 3.05) is 32.8 Å². The number of hydrogen-bond acceptors (Lipinski definition) is 9. The van der Waals surface area contributed by atoms with Crippen molar-refractivity contribution in [2.24, 2.45) is 0 Å². The molecular formula is C24H22N4O6S. The van der Waals surface area contributed by atoms with Crippen LogP contribution < -0.4 is 29.8 Å². The summed E-state index contributed by atoms with van der Waals surface area (Å²) in [6.45, 7) is 2.45. The standard InChI is InChI=1S/C24H22N4O6S/c1-13-25-22-23(35-13)21(14-4-6-16(31-2)18(10-14)32-3)27-28(24(22)30)12-20(29)26-15-5-7-17-19(11-15)34-9-8-33-17/h4-7,10-11H,8-9,12H2,1-3H3,(H,26,29). The summed E-state index contributed by atoms with van der Waals surface area (Å²) in [5.74, 6) is 1.85. The van der Waals surface area contributed by atoms with E-state index in [9.17, 15) is 9.59 Å². The van der Waals surface area contributed by atoms with Crippen molar-refractivity contribution in [3.8, 4) is 34.3 Å². The number of ether oxygens (including phenoxy) is 4. The van der Waals surface area contributed by atoms with Crippen molar-refractivity contribution in [2.45, 2.75) is 13.5 Å². The summed E-state index contributed by atoms with van der Waals surface area (Å²) in [5.41, 5.74) is 1.58. The largest absolute Gasteiger partial charge is 0.493 e. The van der Waals surface area contributed by atoms with Gasteiger partial charge in [-0.2, -0.15) is 5.10 Å². The van der Waals surface area contributed by atoms with Crippen LogP contribution in [0.25, 0.3) is 21.5 Å². The van der Waals surface area contributed by atoms with Crippen LogP contribution in [-0.2, 0) is 11.3 Å². The number of aromatic nitrogens is 3. The SMILES string of the molecule is COc1ccc(-c2nn(CC(=O)Nc3ccc4c(c3)OCCO4)c(=O)c3nc(C)sc23)cc1OC. The minimum Gasteiger partial charge on any atom is -0.493 e. The van der Waals surface area contributed by atoms with E-state index in [2.05, 4.69) is 15.4 Å². The fourth-order valence-electron chi connectivity index (χ4n) is 3.80. The Bertz CT molecular complexity index is 1500. The van der Waals surface area contributed by atoms with Crippen molar-refractivity contribution in [3.05, 3.63) is 51.8 Å². The van der Waals surface area contributed by atoms with Gasteiger partial charge < -0.3 is 24.3 Å². The average Bonchev–Trinajstić information content (AvgIpc) is 3.27. The molecule has 0 unspecified atom stereocenters. The van der Waals surface area contributed by atoms with Crippen LogP contribution in [-0.4, -0.2) is 48.1 Å². The maximum absolute atomic E-state index is 13.1. The minimum absolute atomic E-state index is 0.263. The van der Waals surface area contributed by atoms with Gasteiger partial charge in [-0.15, -0.1) is 11.3 Å². The molecular weight excluding hydrogens is 472 g/mol. The summed E-state index contributed by atoms with van der Waals surface area (Å²) in [6.07, 6.45) is 0. The Labute approximate surface area is 204 Å². The van der Waals surface area contributed by atoms with E-state index in [1.165, 1.54) is 11.3 Å². The molecule has 1 N–H and O–H groups in total. The van der Waals surface area contributed by atoms with E-state index in [-0.39, 0.29) is 12.1 Å². The van der Waals surface area contributed by atoms with Crippen LogP contribution in [0, 0.1) is 6.92 Å². The summed E-state index contributed by atoms with van der Waals surface area (Å²) in [5, 5.41) is 8.05. The fraction of sp³-hybridized carbons (Fsp3) is 0.250. The molecule has 5 rings (SSSR count). The number of benzene rings is 2. The molecule has 180 valence electrons. The Hall–Kier alpha value is -4.12. The van der Waals surface area contributed by atoms with Gasteiger partial charge in [-0.3, -0.25) is 9.59 Å². The number of nitrogens with one attached hydrogen (secondary N) is 1. The molecule has 0 saturated carbocycles. The molecule has 2 aromatic carbocycles. The van der Waals surface area contributed by atoms with Crippen molar-refractivity contribution < 1.29 is 23.7 Å². The maximum Gasteiger partial charge on any atom is 0.294 e. The second-order valence-corrected chi connectivity index (χ2v) is 8.90. The molecule has 0 fully saturated rings. The second kappa shape index (κ2) is 9.26. The number of fused-ring (bicyclic) bond motifs is 2. The lowest BCUT2D eigenvalue weighted by molar-refractivity contribution is -0.117. The van der Waals surface area contributed by atoms with Gasteiger partial charge in [0.1, 0.15) is 25.5 Å². The monoisotopic (exact) mass is 494 g/mol. The van der Waals surface area contributed by atoms with Gasteiger partial charge in [-0.05, 0) is 37.3 Å². The molecule has 0 spiro atoms. The third-order valence-electron chi connectivity index (χ3n) is 5.38. The van der Waals surface area contributed by atoms with Crippen LogP contribution in [0.2, 0.25) is 0 Å². The van der Waals surface area contributed by atoms with E-state index in [0.29, 0.717) is 57.9 Å². The van der Waals surface area contributed by atoms with E-state index in [0.717, 1.165) is 9.69 Å². The predicted molar refractivity (Wildman–Crippen MR) is 131 cm³/mol. The molecule has 1 amide bonds. The van der Waals surface area contributed by atoms with Crippen molar-refractivity contribution >= 4 is 33.1 Å². The van der Waals surface area contributed by atoms with Crippen LogP contribution in [0.1, 0.15) is 5.01 Å².